The van der Waals surface area contributed by atoms with E-state index in [1.165, 1.54) is 0 Å². The Labute approximate surface area is 105 Å². The SMILES string of the molecule is CCCC1NC(=O)N(c2ccc(Cl)cc2)C1=O. The molecule has 5 heteroatoms. The van der Waals surface area contributed by atoms with Crippen molar-refractivity contribution in [3.05, 3.63) is 29.3 Å². The van der Waals surface area contributed by atoms with Crippen molar-refractivity contribution in [1.29, 1.82) is 0 Å². The summed E-state index contributed by atoms with van der Waals surface area (Å²) < 4.78 is 0. The van der Waals surface area contributed by atoms with Gasteiger partial charge >= 0.3 is 6.03 Å². The molecule has 2 rings (SSSR count). The van der Waals surface area contributed by atoms with Gasteiger partial charge in [-0.3, -0.25) is 4.79 Å². The second kappa shape index (κ2) is 4.75. The third-order valence-corrected chi connectivity index (χ3v) is 2.93. The summed E-state index contributed by atoms with van der Waals surface area (Å²) in [5.41, 5.74) is 0.551. The van der Waals surface area contributed by atoms with Gasteiger partial charge in [-0.05, 0) is 30.7 Å². The fraction of sp³-hybridized carbons (Fsp3) is 0.333. The lowest BCUT2D eigenvalue weighted by Crippen LogP contribution is -2.31. The van der Waals surface area contributed by atoms with Crippen LogP contribution in [0.4, 0.5) is 10.5 Å². The van der Waals surface area contributed by atoms with Crippen molar-refractivity contribution in [2.24, 2.45) is 0 Å². The number of hydrogen-bond donors (Lipinski definition) is 1. The number of halogens is 1. The second-order valence-electron chi connectivity index (χ2n) is 3.94. The molecule has 0 aromatic heterocycles. The molecule has 1 aromatic rings. The van der Waals surface area contributed by atoms with Crippen molar-refractivity contribution in [3.63, 3.8) is 0 Å². The van der Waals surface area contributed by atoms with Crippen LogP contribution >= 0.6 is 11.6 Å². The lowest BCUT2D eigenvalue weighted by Gasteiger charge is -2.12. The van der Waals surface area contributed by atoms with Gasteiger partial charge in [-0.2, -0.15) is 0 Å². The minimum Gasteiger partial charge on any atom is -0.325 e. The van der Waals surface area contributed by atoms with Crippen LogP contribution in [0.2, 0.25) is 5.02 Å². The van der Waals surface area contributed by atoms with Crippen LogP contribution in [0.5, 0.6) is 0 Å². The Bertz CT molecular complexity index is 444. The van der Waals surface area contributed by atoms with E-state index in [2.05, 4.69) is 5.32 Å². The Morgan fingerprint density at radius 2 is 1.94 bits per heavy atom. The average Bonchev–Trinajstić information content (AvgIpc) is 2.57. The number of hydrogen-bond acceptors (Lipinski definition) is 2. The van der Waals surface area contributed by atoms with Gasteiger partial charge in [0.15, 0.2) is 0 Å². The number of urea groups is 1. The van der Waals surface area contributed by atoms with Crippen LogP contribution in [0.3, 0.4) is 0 Å². The Hall–Kier alpha value is -1.55. The van der Waals surface area contributed by atoms with E-state index in [1.807, 2.05) is 6.92 Å². The van der Waals surface area contributed by atoms with Crippen molar-refractivity contribution in [2.45, 2.75) is 25.8 Å². The van der Waals surface area contributed by atoms with Crippen LogP contribution in [-0.2, 0) is 4.79 Å². The van der Waals surface area contributed by atoms with E-state index in [0.717, 1.165) is 11.3 Å². The van der Waals surface area contributed by atoms with Gasteiger partial charge in [0, 0.05) is 5.02 Å². The molecule has 1 saturated heterocycles. The second-order valence-corrected chi connectivity index (χ2v) is 4.38. The first-order valence-corrected chi connectivity index (χ1v) is 5.91. The molecular weight excluding hydrogens is 240 g/mol. The molecular formula is C12H13ClN2O2. The van der Waals surface area contributed by atoms with Gasteiger partial charge in [-0.15, -0.1) is 0 Å². The first-order chi connectivity index (χ1) is 8.13. The summed E-state index contributed by atoms with van der Waals surface area (Å²) >= 11 is 5.77. The molecule has 1 heterocycles. The van der Waals surface area contributed by atoms with E-state index in [-0.39, 0.29) is 11.9 Å². The molecule has 3 amide bonds. The smallest absolute Gasteiger partial charge is 0.325 e. The first-order valence-electron chi connectivity index (χ1n) is 5.53. The third kappa shape index (κ3) is 2.26. The summed E-state index contributed by atoms with van der Waals surface area (Å²) in [6, 6.07) is 5.87. The number of anilines is 1. The molecule has 0 bridgehead atoms. The minimum absolute atomic E-state index is 0.195. The number of amides is 3. The summed E-state index contributed by atoms with van der Waals surface area (Å²) in [6.45, 7) is 1.98. The largest absolute Gasteiger partial charge is 0.329 e. The summed E-state index contributed by atoms with van der Waals surface area (Å²) in [5.74, 6) is -0.195. The molecule has 1 fully saturated rings. The zero-order valence-electron chi connectivity index (χ0n) is 9.44. The van der Waals surface area contributed by atoms with E-state index in [1.54, 1.807) is 24.3 Å². The number of nitrogens with zero attached hydrogens (tertiary/aromatic N) is 1. The van der Waals surface area contributed by atoms with Crippen LogP contribution in [0.1, 0.15) is 19.8 Å². The van der Waals surface area contributed by atoms with Gasteiger partial charge in [-0.25, -0.2) is 9.69 Å². The molecule has 4 nitrogen and oxygen atoms in total. The molecule has 1 N–H and O–H groups in total. The monoisotopic (exact) mass is 252 g/mol. The van der Waals surface area contributed by atoms with Crippen molar-refractivity contribution in [1.82, 2.24) is 5.32 Å². The zero-order valence-corrected chi connectivity index (χ0v) is 10.2. The van der Waals surface area contributed by atoms with Crippen LogP contribution < -0.4 is 10.2 Å². The first kappa shape index (κ1) is 11.9. The summed E-state index contributed by atoms with van der Waals surface area (Å²) in [6.07, 6.45) is 1.51. The molecule has 1 aliphatic rings. The highest BCUT2D eigenvalue weighted by atomic mass is 35.5. The number of carbonyl (C=O) groups is 2. The highest BCUT2D eigenvalue weighted by molar-refractivity contribution is 6.30. The Kier molecular flexibility index (Phi) is 3.33. The summed E-state index contributed by atoms with van der Waals surface area (Å²) in [5, 5.41) is 3.25. The minimum atomic E-state index is -0.400. The Balaban J connectivity index is 2.24. The summed E-state index contributed by atoms with van der Waals surface area (Å²) in [4.78, 5) is 24.9. The van der Waals surface area contributed by atoms with Crippen LogP contribution in [0.25, 0.3) is 0 Å². The molecule has 1 aliphatic heterocycles. The molecule has 0 radical (unpaired) electrons. The van der Waals surface area contributed by atoms with Crippen LogP contribution in [-0.4, -0.2) is 18.0 Å². The maximum absolute atomic E-state index is 12.0. The maximum atomic E-state index is 12.0. The van der Waals surface area contributed by atoms with Crippen molar-refractivity contribution < 1.29 is 9.59 Å². The van der Waals surface area contributed by atoms with Gasteiger partial charge < -0.3 is 5.32 Å². The topological polar surface area (TPSA) is 49.4 Å². The van der Waals surface area contributed by atoms with Crippen LogP contribution in [0.15, 0.2) is 24.3 Å². The number of benzene rings is 1. The molecule has 1 aromatic carbocycles. The van der Waals surface area contributed by atoms with Crippen molar-refractivity contribution in [2.75, 3.05) is 4.90 Å². The van der Waals surface area contributed by atoms with E-state index in [4.69, 9.17) is 11.6 Å². The average molecular weight is 253 g/mol. The number of nitrogens with one attached hydrogen (secondary N) is 1. The maximum Gasteiger partial charge on any atom is 0.329 e. The van der Waals surface area contributed by atoms with Crippen LogP contribution in [0, 0.1) is 0 Å². The van der Waals surface area contributed by atoms with Gasteiger partial charge in [-0.1, -0.05) is 24.9 Å². The molecule has 0 saturated carbocycles. The van der Waals surface area contributed by atoms with Crippen molar-refractivity contribution >= 4 is 29.2 Å². The Morgan fingerprint density at radius 3 is 2.53 bits per heavy atom. The Morgan fingerprint density at radius 1 is 1.29 bits per heavy atom. The quantitative estimate of drug-likeness (QED) is 0.841. The lowest BCUT2D eigenvalue weighted by molar-refractivity contribution is -0.118. The highest BCUT2D eigenvalue weighted by Gasteiger charge is 2.38. The van der Waals surface area contributed by atoms with Crippen molar-refractivity contribution in [3.8, 4) is 0 Å². The summed E-state index contributed by atoms with van der Waals surface area (Å²) in [7, 11) is 0. The van der Waals surface area contributed by atoms with Gasteiger partial charge in [0.25, 0.3) is 5.91 Å². The van der Waals surface area contributed by atoms with E-state index < -0.39 is 6.04 Å². The predicted octanol–water partition coefficient (Wildman–Crippen LogP) is 2.56. The fourth-order valence-electron chi connectivity index (χ4n) is 1.85. The standard InChI is InChI=1S/C12H13ClN2O2/c1-2-3-10-11(16)15(12(17)14-10)9-6-4-8(13)5-7-9/h4-7,10H,2-3H2,1H3,(H,14,17). The number of carbonyl (C=O) groups excluding carboxylic acids is 2. The van der Waals surface area contributed by atoms with Gasteiger partial charge in [0.2, 0.25) is 0 Å². The zero-order chi connectivity index (χ0) is 12.4. The molecule has 0 aliphatic carbocycles. The highest BCUT2D eigenvalue weighted by Crippen LogP contribution is 2.22. The molecule has 1 unspecified atom stereocenters. The van der Waals surface area contributed by atoms with Gasteiger partial charge in [0.1, 0.15) is 6.04 Å². The molecule has 90 valence electrons. The molecule has 0 spiro atoms. The molecule has 1 atom stereocenters. The molecule has 17 heavy (non-hydrogen) atoms. The van der Waals surface area contributed by atoms with E-state index in [0.29, 0.717) is 17.1 Å². The third-order valence-electron chi connectivity index (χ3n) is 2.68. The van der Waals surface area contributed by atoms with E-state index in [9.17, 15) is 9.59 Å². The predicted molar refractivity (Wildman–Crippen MR) is 66.2 cm³/mol. The number of rotatable bonds is 3. The van der Waals surface area contributed by atoms with E-state index >= 15 is 0 Å². The lowest BCUT2D eigenvalue weighted by atomic mass is 10.1. The van der Waals surface area contributed by atoms with Gasteiger partial charge in [0.05, 0.1) is 5.69 Å². The number of imide groups is 1. The normalized spacial score (nSPS) is 19.6. The fourth-order valence-corrected chi connectivity index (χ4v) is 1.98.